The summed E-state index contributed by atoms with van der Waals surface area (Å²) >= 11 is 0. The summed E-state index contributed by atoms with van der Waals surface area (Å²) in [7, 11) is 1.86. The Morgan fingerprint density at radius 2 is 2.20 bits per heavy atom. The van der Waals surface area contributed by atoms with Gasteiger partial charge in [-0.2, -0.15) is 0 Å². The van der Waals surface area contributed by atoms with E-state index in [1.165, 1.54) is 5.56 Å². The number of benzene rings is 1. The summed E-state index contributed by atoms with van der Waals surface area (Å²) < 4.78 is 1.72. The number of nitrogens with two attached hydrogens (primary N) is 1. The van der Waals surface area contributed by atoms with E-state index in [-0.39, 0.29) is 0 Å². The average Bonchev–Trinajstić information content (AvgIpc) is 2.59. The number of rotatable bonds is 2. The number of aromatic nitrogens is 3. The normalized spacial score (nSPS) is 10.6. The van der Waals surface area contributed by atoms with Crippen LogP contribution in [0.5, 0.6) is 0 Å². The average molecular weight is 202 g/mol. The molecule has 0 atom stereocenters. The zero-order valence-electron chi connectivity index (χ0n) is 8.94. The minimum absolute atomic E-state index is 0.451. The van der Waals surface area contributed by atoms with E-state index in [1.807, 2.05) is 19.2 Å². The Kier molecular flexibility index (Phi) is 2.51. The molecule has 0 fully saturated rings. The van der Waals surface area contributed by atoms with Crippen LogP contribution in [0.1, 0.15) is 11.3 Å². The van der Waals surface area contributed by atoms with Gasteiger partial charge in [-0.3, -0.25) is 4.68 Å². The molecule has 0 aliphatic carbocycles. The largest absolute Gasteiger partial charge is 0.325 e. The summed E-state index contributed by atoms with van der Waals surface area (Å²) in [4.78, 5) is 0. The van der Waals surface area contributed by atoms with Gasteiger partial charge >= 0.3 is 0 Å². The van der Waals surface area contributed by atoms with Crippen LogP contribution in [0.25, 0.3) is 11.3 Å². The Bertz CT molecular complexity index is 473. The van der Waals surface area contributed by atoms with Crippen LogP contribution in [0.3, 0.4) is 0 Å². The molecule has 78 valence electrons. The molecule has 0 radical (unpaired) electrons. The van der Waals surface area contributed by atoms with Crippen LogP contribution in [0.15, 0.2) is 24.3 Å². The van der Waals surface area contributed by atoms with Gasteiger partial charge in [0.05, 0.1) is 5.69 Å². The minimum atomic E-state index is 0.451. The molecule has 0 amide bonds. The first-order valence-corrected chi connectivity index (χ1v) is 4.88. The molecular weight excluding hydrogens is 188 g/mol. The van der Waals surface area contributed by atoms with Crippen LogP contribution in [-0.4, -0.2) is 15.0 Å². The second-order valence-corrected chi connectivity index (χ2v) is 3.58. The summed E-state index contributed by atoms with van der Waals surface area (Å²) in [6.07, 6.45) is 0. The van der Waals surface area contributed by atoms with Gasteiger partial charge in [0.25, 0.3) is 0 Å². The smallest absolute Gasteiger partial charge is 0.117 e. The topological polar surface area (TPSA) is 56.7 Å². The van der Waals surface area contributed by atoms with Crippen LogP contribution in [0, 0.1) is 6.92 Å². The number of hydrogen-bond acceptors (Lipinski definition) is 3. The molecule has 1 aromatic carbocycles. The number of nitrogens with zero attached hydrogens (tertiary/aromatic N) is 3. The Labute approximate surface area is 88.7 Å². The third-order valence-electron chi connectivity index (χ3n) is 2.43. The molecule has 1 heterocycles. The minimum Gasteiger partial charge on any atom is -0.325 e. The molecule has 4 heteroatoms. The van der Waals surface area contributed by atoms with Gasteiger partial charge in [0.15, 0.2) is 0 Å². The van der Waals surface area contributed by atoms with Crippen molar-refractivity contribution in [1.29, 1.82) is 0 Å². The summed E-state index contributed by atoms with van der Waals surface area (Å²) in [6.45, 7) is 2.51. The van der Waals surface area contributed by atoms with Crippen molar-refractivity contribution in [1.82, 2.24) is 15.0 Å². The van der Waals surface area contributed by atoms with E-state index in [0.717, 1.165) is 17.0 Å². The molecule has 0 unspecified atom stereocenters. The molecule has 0 saturated heterocycles. The quantitative estimate of drug-likeness (QED) is 0.797. The first-order valence-electron chi connectivity index (χ1n) is 4.88. The summed E-state index contributed by atoms with van der Waals surface area (Å²) in [5.74, 6) is 0. The molecular formula is C11H14N4. The number of hydrogen-bond donors (Lipinski definition) is 1. The summed E-state index contributed by atoms with van der Waals surface area (Å²) in [6, 6.07) is 8.18. The molecule has 2 N–H and O–H groups in total. The maximum Gasteiger partial charge on any atom is 0.117 e. The van der Waals surface area contributed by atoms with E-state index in [0.29, 0.717) is 6.54 Å². The van der Waals surface area contributed by atoms with Crippen LogP contribution in [-0.2, 0) is 13.6 Å². The second kappa shape index (κ2) is 3.82. The summed E-state index contributed by atoms with van der Waals surface area (Å²) in [5.41, 5.74) is 9.79. The van der Waals surface area contributed by atoms with Gasteiger partial charge in [-0.1, -0.05) is 29.0 Å². The highest BCUT2D eigenvalue weighted by atomic mass is 15.4. The van der Waals surface area contributed by atoms with Gasteiger partial charge in [-0.15, -0.1) is 5.10 Å². The highest BCUT2D eigenvalue weighted by Crippen LogP contribution is 2.21. The van der Waals surface area contributed by atoms with E-state index >= 15 is 0 Å². The van der Waals surface area contributed by atoms with Crippen molar-refractivity contribution < 1.29 is 0 Å². The molecule has 1 aromatic heterocycles. The van der Waals surface area contributed by atoms with Crippen LogP contribution in [0.4, 0.5) is 0 Å². The van der Waals surface area contributed by atoms with Crippen molar-refractivity contribution in [3.8, 4) is 11.3 Å². The molecule has 0 aliphatic rings. The van der Waals surface area contributed by atoms with Crippen molar-refractivity contribution in [2.45, 2.75) is 13.5 Å². The lowest BCUT2D eigenvalue weighted by molar-refractivity contribution is 0.678. The van der Waals surface area contributed by atoms with Crippen molar-refractivity contribution in [3.05, 3.63) is 35.5 Å². The van der Waals surface area contributed by atoms with Gasteiger partial charge < -0.3 is 5.73 Å². The molecule has 0 saturated carbocycles. The Morgan fingerprint density at radius 1 is 1.40 bits per heavy atom. The van der Waals surface area contributed by atoms with Crippen molar-refractivity contribution in [3.63, 3.8) is 0 Å². The van der Waals surface area contributed by atoms with Gasteiger partial charge in [-0.25, -0.2) is 0 Å². The first-order chi connectivity index (χ1) is 7.22. The Balaban J connectivity index is 2.54. The molecule has 0 spiro atoms. The van der Waals surface area contributed by atoms with E-state index < -0.39 is 0 Å². The first kappa shape index (κ1) is 9.86. The molecule has 15 heavy (non-hydrogen) atoms. The van der Waals surface area contributed by atoms with Gasteiger partial charge in [-0.05, 0) is 13.0 Å². The van der Waals surface area contributed by atoms with Crippen molar-refractivity contribution >= 4 is 0 Å². The SMILES string of the molecule is Cc1cccc(-c2nnn(C)c2CN)c1. The maximum atomic E-state index is 5.67. The third-order valence-corrected chi connectivity index (χ3v) is 2.43. The lowest BCUT2D eigenvalue weighted by Gasteiger charge is -2.02. The van der Waals surface area contributed by atoms with Crippen molar-refractivity contribution in [2.75, 3.05) is 0 Å². The highest BCUT2D eigenvalue weighted by molar-refractivity contribution is 5.62. The van der Waals surface area contributed by atoms with Gasteiger partial charge in [0, 0.05) is 19.2 Å². The van der Waals surface area contributed by atoms with E-state index in [4.69, 9.17) is 5.73 Å². The fourth-order valence-corrected chi connectivity index (χ4v) is 1.62. The zero-order chi connectivity index (χ0) is 10.8. The molecule has 0 aliphatic heterocycles. The predicted molar refractivity (Wildman–Crippen MR) is 59.1 cm³/mol. The fraction of sp³-hybridized carbons (Fsp3) is 0.273. The standard InChI is InChI=1S/C11H14N4/c1-8-4-3-5-9(6-8)11-10(7-12)15(2)14-13-11/h3-6H,7,12H2,1-2H3. The van der Waals surface area contributed by atoms with Crippen molar-refractivity contribution in [2.24, 2.45) is 12.8 Å². The van der Waals surface area contributed by atoms with Gasteiger partial charge in [0.1, 0.15) is 5.69 Å². The predicted octanol–water partition coefficient (Wildman–Crippen LogP) is 1.25. The van der Waals surface area contributed by atoms with E-state index in [1.54, 1.807) is 4.68 Å². The van der Waals surface area contributed by atoms with Crippen LogP contribution >= 0.6 is 0 Å². The zero-order valence-corrected chi connectivity index (χ0v) is 8.94. The maximum absolute atomic E-state index is 5.67. The lowest BCUT2D eigenvalue weighted by Crippen LogP contribution is -2.05. The van der Waals surface area contributed by atoms with Crippen LogP contribution in [0.2, 0.25) is 0 Å². The highest BCUT2D eigenvalue weighted by Gasteiger charge is 2.10. The molecule has 4 nitrogen and oxygen atoms in total. The fourth-order valence-electron chi connectivity index (χ4n) is 1.62. The van der Waals surface area contributed by atoms with E-state index in [9.17, 15) is 0 Å². The molecule has 2 aromatic rings. The second-order valence-electron chi connectivity index (χ2n) is 3.58. The lowest BCUT2D eigenvalue weighted by atomic mass is 10.1. The molecule has 2 rings (SSSR count). The van der Waals surface area contributed by atoms with E-state index in [2.05, 4.69) is 29.4 Å². The Morgan fingerprint density at radius 3 is 2.87 bits per heavy atom. The molecule has 0 bridgehead atoms. The number of aryl methyl sites for hydroxylation is 2. The third kappa shape index (κ3) is 1.76. The Hall–Kier alpha value is -1.68. The van der Waals surface area contributed by atoms with Crippen LogP contribution < -0.4 is 5.73 Å². The van der Waals surface area contributed by atoms with Gasteiger partial charge in [0.2, 0.25) is 0 Å². The monoisotopic (exact) mass is 202 g/mol. The summed E-state index contributed by atoms with van der Waals surface area (Å²) in [5, 5.41) is 8.11.